The highest BCUT2D eigenvalue weighted by Crippen LogP contribution is 2.33. The number of nitrogens with two attached hydrogens (primary N) is 1. The maximum atomic E-state index is 12.6. The topological polar surface area (TPSA) is 103 Å². The Morgan fingerprint density at radius 1 is 1.38 bits per heavy atom. The average molecular weight is 412 g/mol. The molecule has 0 unspecified atom stereocenters. The van der Waals surface area contributed by atoms with Gasteiger partial charge in [0.05, 0.1) is 17.1 Å². The third-order valence-corrected chi connectivity index (χ3v) is 5.69. The molecule has 10 heteroatoms. The SMILES string of the molecule is Cc1nn(CC(N)=O)c(=O)c2cc(N[C@@H](C)c3nc(Cl)c(Cl)s3)ccc12. The van der Waals surface area contributed by atoms with Gasteiger partial charge in [0.2, 0.25) is 5.91 Å². The number of nitrogens with one attached hydrogen (secondary N) is 1. The highest BCUT2D eigenvalue weighted by atomic mass is 35.5. The summed E-state index contributed by atoms with van der Waals surface area (Å²) in [5.41, 5.74) is 6.17. The second-order valence-corrected chi connectivity index (χ2v) is 7.75. The Labute approximate surface area is 162 Å². The molecule has 0 radical (unpaired) electrons. The summed E-state index contributed by atoms with van der Waals surface area (Å²) in [6, 6.07) is 5.22. The van der Waals surface area contributed by atoms with E-state index in [2.05, 4.69) is 15.4 Å². The monoisotopic (exact) mass is 411 g/mol. The summed E-state index contributed by atoms with van der Waals surface area (Å²) >= 11 is 13.2. The Morgan fingerprint density at radius 2 is 2.12 bits per heavy atom. The van der Waals surface area contributed by atoms with E-state index in [4.69, 9.17) is 28.9 Å². The molecule has 0 saturated heterocycles. The fourth-order valence-corrected chi connectivity index (χ4v) is 3.82. The summed E-state index contributed by atoms with van der Waals surface area (Å²) in [6.07, 6.45) is 0. The third kappa shape index (κ3) is 3.67. The predicted octanol–water partition coefficient (Wildman–Crippen LogP) is 3.13. The molecular weight excluding hydrogens is 397 g/mol. The quantitative estimate of drug-likeness (QED) is 0.670. The second kappa shape index (κ2) is 7.22. The number of hydrogen-bond donors (Lipinski definition) is 2. The van der Waals surface area contributed by atoms with Crippen molar-refractivity contribution in [2.75, 3.05) is 5.32 Å². The molecule has 0 fully saturated rings. The zero-order valence-corrected chi connectivity index (χ0v) is 16.2. The molecule has 0 bridgehead atoms. The first-order valence-electron chi connectivity index (χ1n) is 7.64. The average Bonchev–Trinajstić information content (AvgIpc) is 2.91. The number of benzene rings is 1. The van der Waals surface area contributed by atoms with Gasteiger partial charge in [-0.05, 0) is 26.0 Å². The number of aromatic nitrogens is 3. The van der Waals surface area contributed by atoms with Crippen LogP contribution in [0.3, 0.4) is 0 Å². The fraction of sp³-hybridized carbons (Fsp3) is 0.250. The highest BCUT2D eigenvalue weighted by Gasteiger charge is 2.15. The van der Waals surface area contributed by atoms with Crippen LogP contribution in [0.1, 0.15) is 23.7 Å². The number of nitrogens with zero attached hydrogens (tertiary/aromatic N) is 3. The molecule has 0 saturated carbocycles. The van der Waals surface area contributed by atoms with E-state index in [9.17, 15) is 9.59 Å². The van der Waals surface area contributed by atoms with Crippen LogP contribution >= 0.6 is 34.5 Å². The van der Waals surface area contributed by atoms with Crippen molar-refractivity contribution in [3.05, 3.63) is 48.7 Å². The fourth-order valence-electron chi connectivity index (χ4n) is 2.60. The van der Waals surface area contributed by atoms with Gasteiger partial charge < -0.3 is 11.1 Å². The summed E-state index contributed by atoms with van der Waals surface area (Å²) < 4.78 is 1.51. The first-order valence-corrected chi connectivity index (χ1v) is 9.21. The van der Waals surface area contributed by atoms with Crippen molar-refractivity contribution in [1.29, 1.82) is 0 Å². The zero-order chi connectivity index (χ0) is 19.0. The van der Waals surface area contributed by atoms with Gasteiger partial charge in [0.15, 0.2) is 5.15 Å². The number of anilines is 1. The van der Waals surface area contributed by atoms with Crippen molar-refractivity contribution >= 4 is 56.9 Å². The van der Waals surface area contributed by atoms with Crippen LogP contribution in [0.15, 0.2) is 23.0 Å². The Kier molecular flexibility index (Phi) is 5.17. The van der Waals surface area contributed by atoms with E-state index in [0.717, 1.165) is 15.4 Å². The largest absolute Gasteiger partial charge is 0.376 e. The number of carbonyl (C=O) groups is 1. The molecule has 136 valence electrons. The lowest BCUT2D eigenvalue weighted by Gasteiger charge is -2.14. The van der Waals surface area contributed by atoms with Crippen molar-refractivity contribution < 1.29 is 4.79 Å². The molecule has 3 aromatic rings. The number of rotatable bonds is 5. The number of amides is 1. The van der Waals surface area contributed by atoms with Gasteiger partial charge in [-0.3, -0.25) is 9.59 Å². The van der Waals surface area contributed by atoms with E-state index in [0.29, 0.717) is 20.8 Å². The Balaban J connectivity index is 1.98. The molecule has 7 nitrogen and oxygen atoms in total. The molecule has 0 spiro atoms. The maximum Gasteiger partial charge on any atom is 0.275 e. The van der Waals surface area contributed by atoms with E-state index >= 15 is 0 Å². The maximum absolute atomic E-state index is 12.6. The number of halogens is 2. The minimum absolute atomic E-state index is 0.154. The standard InChI is InChI=1S/C16H15Cl2N5O2S/c1-7-10-4-3-9(20-8(2)15-21-13(17)14(18)26-15)5-11(10)16(25)23(22-7)6-12(19)24/h3-5,8,20H,6H2,1-2H3,(H2,19,24)/t8-/m0/s1. The first kappa shape index (κ1) is 18.6. The number of carbonyl (C=O) groups excluding carboxylic acids is 1. The van der Waals surface area contributed by atoms with Crippen LogP contribution in [0, 0.1) is 6.92 Å². The summed E-state index contributed by atoms with van der Waals surface area (Å²) in [6.45, 7) is 3.42. The van der Waals surface area contributed by atoms with Crippen molar-refractivity contribution in [1.82, 2.24) is 14.8 Å². The molecule has 1 atom stereocenters. The van der Waals surface area contributed by atoms with Gasteiger partial charge >= 0.3 is 0 Å². The van der Waals surface area contributed by atoms with E-state index in [1.54, 1.807) is 13.0 Å². The van der Waals surface area contributed by atoms with Crippen LogP contribution in [0.2, 0.25) is 9.49 Å². The lowest BCUT2D eigenvalue weighted by Crippen LogP contribution is -2.30. The van der Waals surface area contributed by atoms with Crippen LogP contribution in [0.5, 0.6) is 0 Å². The van der Waals surface area contributed by atoms with Crippen LogP contribution in [0.4, 0.5) is 5.69 Å². The van der Waals surface area contributed by atoms with E-state index in [1.165, 1.54) is 11.3 Å². The van der Waals surface area contributed by atoms with E-state index in [-0.39, 0.29) is 23.3 Å². The van der Waals surface area contributed by atoms with Gasteiger partial charge in [-0.1, -0.05) is 29.3 Å². The smallest absolute Gasteiger partial charge is 0.275 e. The van der Waals surface area contributed by atoms with Crippen LogP contribution < -0.4 is 16.6 Å². The number of aryl methyl sites for hydroxylation is 1. The molecule has 2 heterocycles. The molecule has 1 amide bonds. The Morgan fingerprint density at radius 3 is 2.73 bits per heavy atom. The molecular formula is C16H15Cl2N5O2S. The highest BCUT2D eigenvalue weighted by molar-refractivity contribution is 7.16. The molecule has 0 aliphatic heterocycles. The Bertz CT molecular complexity index is 1040. The van der Waals surface area contributed by atoms with Gasteiger partial charge in [-0.25, -0.2) is 9.67 Å². The number of fused-ring (bicyclic) bond motifs is 1. The Hall–Kier alpha value is -2.16. The number of hydrogen-bond acceptors (Lipinski definition) is 6. The molecule has 3 rings (SSSR count). The molecule has 0 aliphatic rings. The summed E-state index contributed by atoms with van der Waals surface area (Å²) in [5.74, 6) is -0.626. The third-order valence-electron chi connectivity index (χ3n) is 3.77. The predicted molar refractivity (Wildman–Crippen MR) is 104 cm³/mol. The van der Waals surface area contributed by atoms with Gasteiger partial charge in [0, 0.05) is 11.1 Å². The van der Waals surface area contributed by atoms with Crippen molar-refractivity contribution in [2.24, 2.45) is 5.73 Å². The zero-order valence-electron chi connectivity index (χ0n) is 13.9. The van der Waals surface area contributed by atoms with E-state index in [1.807, 2.05) is 19.1 Å². The van der Waals surface area contributed by atoms with Crippen LogP contribution in [-0.4, -0.2) is 20.7 Å². The second-order valence-electron chi connectivity index (χ2n) is 5.76. The number of thiazole rings is 1. The lowest BCUT2D eigenvalue weighted by molar-refractivity contribution is -0.118. The summed E-state index contributed by atoms with van der Waals surface area (Å²) in [4.78, 5) is 28.0. The van der Waals surface area contributed by atoms with Gasteiger partial charge in [0.1, 0.15) is 15.9 Å². The lowest BCUT2D eigenvalue weighted by atomic mass is 10.1. The van der Waals surface area contributed by atoms with Crippen LogP contribution in [-0.2, 0) is 11.3 Å². The minimum atomic E-state index is -0.626. The number of primary amides is 1. The van der Waals surface area contributed by atoms with Crippen molar-refractivity contribution in [2.45, 2.75) is 26.4 Å². The van der Waals surface area contributed by atoms with Gasteiger partial charge in [-0.15, -0.1) is 11.3 Å². The molecule has 0 aliphatic carbocycles. The molecule has 2 aromatic heterocycles. The first-order chi connectivity index (χ1) is 12.3. The van der Waals surface area contributed by atoms with Gasteiger partial charge in [-0.2, -0.15) is 5.10 Å². The van der Waals surface area contributed by atoms with Crippen molar-refractivity contribution in [3.8, 4) is 0 Å². The van der Waals surface area contributed by atoms with E-state index < -0.39 is 5.91 Å². The molecule has 3 N–H and O–H groups in total. The normalized spacial score (nSPS) is 12.3. The summed E-state index contributed by atoms with van der Waals surface area (Å²) in [7, 11) is 0. The summed E-state index contributed by atoms with van der Waals surface area (Å²) in [5, 5.41) is 9.58. The molecule has 26 heavy (non-hydrogen) atoms. The van der Waals surface area contributed by atoms with Gasteiger partial charge in [0.25, 0.3) is 5.56 Å². The molecule has 1 aromatic carbocycles. The van der Waals surface area contributed by atoms with Crippen LogP contribution in [0.25, 0.3) is 10.8 Å². The van der Waals surface area contributed by atoms with Crippen molar-refractivity contribution in [3.63, 3.8) is 0 Å². The minimum Gasteiger partial charge on any atom is -0.376 e.